The van der Waals surface area contributed by atoms with E-state index in [1.54, 1.807) is 12.4 Å². The maximum absolute atomic E-state index is 12.0. The van der Waals surface area contributed by atoms with E-state index < -0.39 is 0 Å². The Labute approximate surface area is 118 Å². The average Bonchev–Trinajstić information content (AvgIpc) is 2.93. The fourth-order valence-electron chi connectivity index (χ4n) is 2.10. The van der Waals surface area contributed by atoms with Gasteiger partial charge in [0.15, 0.2) is 0 Å². The van der Waals surface area contributed by atoms with Gasteiger partial charge in [-0.2, -0.15) is 0 Å². The fraction of sp³-hybridized carbons (Fsp3) is 0.333. The number of amides is 1. The Balaban J connectivity index is 1.89. The first-order chi connectivity index (χ1) is 9.56. The molecule has 5 nitrogen and oxygen atoms in total. The number of rotatable bonds is 5. The smallest absolute Gasteiger partial charge is 0.221 e. The van der Waals surface area contributed by atoms with E-state index in [2.05, 4.69) is 15.3 Å². The van der Waals surface area contributed by atoms with E-state index in [9.17, 15) is 4.79 Å². The van der Waals surface area contributed by atoms with Gasteiger partial charge in [0.05, 0.1) is 6.04 Å². The lowest BCUT2D eigenvalue weighted by atomic mass is 9.97. The molecule has 0 aliphatic heterocycles. The van der Waals surface area contributed by atoms with Gasteiger partial charge in [0, 0.05) is 24.5 Å². The number of nitrogens with one attached hydrogen (secondary N) is 2. The monoisotopic (exact) mass is 272 g/mol. The van der Waals surface area contributed by atoms with Gasteiger partial charge in [-0.15, -0.1) is 0 Å². The second-order valence-electron chi connectivity index (χ2n) is 5.04. The van der Waals surface area contributed by atoms with Crippen molar-refractivity contribution in [1.29, 1.82) is 0 Å². The molecular formula is C15H20N4O. The summed E-state index contributed by atoms with van der Waals surface area (Å²) in [6, 6.07) is 7.52. The number of hydrogen-bond acceptors (Lipinski definition) is 3. The van der Waals surface area contributed by atoms with Crippen LogP contribution >= 0.6 is 0 Å². The average molecular weight is 272 g/mol. The third-order valence-electron chi connectivity index (χ3n) is 3.30. The topological polar surface area (TPSA) is 83.8 Å². The standard InChI is InChI=1S/C15H20N4O/c1-10(12-3-5-13(16)6-4-12)9-14(20)19-11(2)15-17-7-8-18-15/h3-8,10-11H,9,16H2,1-2H3,(H,17,18)(H,19,20). The van der Waals surface area contributed by atoms with Crippen LogP contribution in [0, 0.1) is 0 Å². The SMILES string of the molecule is CC(CC(=O)NC(C)c1ncc[nH]1)c1ccc(N)cc1. The van der Waals surface area contributed by atoms with E-state index in [1.807, 2.05) is 38.1 Å². The van der Waals surface area contributed by atoms with Crippen molar-refractivity contribution in [3.63, 3.8) is 0 Å². The summed E-state index contributed by atoms with van der Waals surface area (Å²) in [5.41, 5.74) is 7.50. The number of H-pyrrole nitrogens is 1. The highest BCUT2D eigenvalue weighted by atomic mass is 16.1. The lowest BCUT2D eigenvalue weighted by molar-refractivity contribution is -0.122. The van der Waals surface area contributed by atoms with Crippen LogP contribution in [0.5, 0.6) is 0 Å². The zero-order valence-corrected chi connectivity index (χ0v) is 11.8. The Hall–Kier alpha value is -2.30. The molecule has 1 heterocycles. The van der Waals surface area contributed by atoms with E-state index in [4.69, 9.17) is 5.73 Å². The molecule has 2 unspecified atom stereocenters. The molecule has 0 spiro atoms. The molecule has 0 saturated heterocycles. The Morgan fingerprint density at radius 2 is 2.05 bits per heavy atom. The second kappa shape index (κ2) is 6.23. The van der Waals surface area contributed by atoms with Gasteiger partial charge in [0.2, 0.25) is 5.91 Å². The number of carbonyl (C=O) groups is 1. The third kappa shape index (κ3) is 3.60. The van der Waals surface area contributed by atoms with Gasteiger partial charge in [-0.25, -0.2) is 4.98 Å². The van der Waals surface area contributed by atoms with E-state index >= 15 is 0 Å². The minimum absolute atomic E-state index is 0.0122. The zero-order valence-electron chi connectivity index (χ0n) is 11.8. The minimum Gasteiger partial charge on any atom is -0.399 e. The van der Waals surface area contributed by atoms with Crippen molar-refractivity contribution < 1.29 is 4.79 Å². The Kier molecular flexibility index (Phi) is 4.40. The van der Waals surface area contributed by atoms with Gasteiger partial charge < -0.3 is 16.0 Å². The Bertz CT molecular complexity index is 548. The van der Waals surface area contributed by atoms with Crippen LogP contribution < -0.4 is 11.1 Å². The molecule has 0 radical (unpaired) electrons. The van der Waals surface area contributed by atoms with Crippen molar-refractivity contribution in [2.45, 2.75) is 32.2 Å². The number of anilines is 1. The molecule has 1 amide bonds. The van der Waals surface area contributed by atoms with Gasteiger partial charge in [0.25, 0.3) is 0 Å². The van der Waals surface area contributed by atoms with E-state index in [0.29, 0.717) is 6.42 Å². The van der Waals surface area contributed by atoms with Crippen LogP contribution in [0.2, 0.25) is 0 Å². The summed E-state index contributed by atoms with van der Waals surface area (Å²) in [7, 11) is 0. The van der Waals surface area contributed by atoms with Crippen LogP contribution in [0.1, 0.15) is 43.6 Å². The molecule has 0 bridgehead atoms. The van der Waals surface area contributed by atoms with Crippen LogP contribution in [0.15, 0.2) is 36.7 Å². The highest BCUT2D eigenvalue weighted by molar-refractivity contribution is 5.77. The van der Waals surface area contributed by atoms with Crippen molar-refractivity contribution in [2.75, 3.05) is 5.73 Å². The number of hydrogen-bond donors (Lipinski definition) is 3. The molecular weight excluding hydrogens is 252 g/mol. The predicted molar refractivity (Wildman–Crippen MR) is 79.0 cm³/mol. The lowest BCUT2D eigenvalue weighted by Gasteiger charge is -2.15. The van der Waals surface area contributed by atoms with E-state index in [-0.39, 0.29) is 17.9 Å². The van der Waals surface area contributed by atoms with Crippen molar-refractivity contribution in [2.24, 2.45) is 0 Å². The summed E-state index contributed by atoms with van der Waals surface area (Å²) in [5.74, 6) is 0.927. The largest absolute Gasteiger partial charge is 0.399 e. The number of aromatic nitrogens is 2. The fourth-order valence-corrected chi connectivity index (χ4v) is 2.10. The Morgan fingerprint density at radius 1 is 1.35 bits per heavy atom. The van der Waals surface area contributed by atoms with Gasteiger partial charge in [-0.1, -0.05) is 19.1 Å². The molecule has 0 aliphatic carbocycles. The molecule has 0 saturated carbocycles. The summed E-state index contributed by atoms with van der Waals surface area (Å²) < 4.78 is 0. The molecule has 2 atom stereocenters. The van der Waals surface area contributed by atoms with E-state index in [0.717, 1.165) is 17.1 Å². The first-order valence-corrected chi connectivity index (χ1v) is 6.70. The van der Waals surface area contributed by atoms with Gasteiger partial charge >= 0.3 is 0 Å². The normalized spacial score (nSPS) is 13.7. The summed E-state index contributed by atoms with van der Waals surface area (Å²) in [6.45, 7) is 3.94. The molecule has 1 aromatic carbocycles. The van der Waals surface area contributed by atoms with Crippen molar-refractivity contribution >= 4 is 11.6 Å². The van der Waals surface area contributed by atoms with Crippen LogP contribution in [0.4, 0.5) is 5.69 Å². The highest BCUT2D eigenvalue weighted by Crippen LogP contribution is 2.20. The van der Waals surface area contributed by atoms with Crippen LogP contribution in [0.3, 0.4) is 0 Å². The van der Waals surface area contributed by atoms with Crippen LogP contribution in [0.25, 0.3) is 0 Å². The molecule has 2 rings (SSSR count). The first-order valence-electron chi connectivity index (χ1n) is 6.70. The number of aromatic amines is 1. The predicted octanol–water partition coefficient (Wildman–Crippen LogP) is 2.36. The van der Waals surface area contributed by atoms with Crippen molar-refractivity contribution in [3.8, 4) is 0 Å². The highest BCUT2D eigenvalue weighted by Gasteiger charge is 2.15. The summed E-state index contributed by atoms with van der Waals surface area (Å²) in [4.78, 5) is 19.1. The van der Waals surface area contributed by atoms with Gasteiger partial charge in [-0.3, -0.25) is 4.79 Å². The molecule has 106 valence electrons. The molecule has 0 aliphatic rings. The van der Waals surface area contributed by atoms with Gasteiger partial charge in [-0.05, 0) is 30.5 Å². The Morgan fingerprint density at radius 3 is 2.65 bits per heavy atom. The molecule has 1 aromatic heterocycles. The first kappa shape index (κ1) is 14.1. The molecule has 2 aromatic rings. The lowest BCUT2D eigenvalue weighted by Crippen LogP contribution is -2.28. The number of carbonyl (C=O) groups excluding carboxylic acids is 1. The third-order valence-corrected chi connectivity index (χ3v) is 3.30. The summed E-state index contributed by atoms with van der Waals surface area (Å²) >= 11 is 0. The summed E-state index contributed by atoms with van der Waals surface area (Å²) in [5, 5.41) is 2.94. The number of nitrogens with zero attached hydrogens (tertiary/aromatic N) is 1. The van der Waals surface area contributed by atoms with E-state index in [1.165, 1.54) is 0 Å². The molecule has 20 heavy (non-hydrogen) atoms. The van der Waals surface area contributed by atoms with Crippen molar-refractivity contribution in [1.82, 2.24) is 15.3 Å². The number of imidazole rings is 1. The maximum atomic E-state index is 12.0. The molecule has 0 fully saturated rings. The molecule has 5 heteroatoms. The number of nitrogens with two attached hydrogens (primary N) is 1. The quantitative estimate of drug-likeness (QED) is 0.731. The van der Waals surface area contributed by atoms with Crippen molar-refractivity contribution in [3.05, 3.63) is 48.0 Å². The maximum Gasteiger partial charge on any atom is 0.221 e. The molecule has 4 N–H and O–H groups in total. The minimum atomic E-state index is -0.115. The van der Waals surface area contributed by atoms with Gasteiger partial charge in [0.1, 0.15) is 5.82 Å². The number of benzene rings is 1. The zero-order chi connectivity index (χ0) is 14.5. The number of nitrogen functional groups attached to an aromatic ring is 1. The summed E-state index contributed by atoms with van der Waals surface area (Å²) in [6.07, 6.45) is 3.86. The second-order valence-corrected chi connectivity index (χ2v) is 5.04. The van der Waals surface area contributed by atoms with Crippen LogP contribution in [-0.4, -0.2) is 15.9 Å². The van der Waals surface area contributed by atoms with Crippen LogP contribution in [-0.2, 0) is 4.79 Å².